The van der Waals surface area contributed by atoms with Gasteiger partial charge in [0.15, 0.2) is 0 Å². The molecule has 1 saturated heterocycles. The Kier molecular flexibility index (Phi) is 6.37. The lowest BCUT2D eigenvalue weighted by Gasteiger charge is -2.21. The first-order chi connectivity index (χ1) is 12.7. The van der Waals surface area contributed by atoms with Crippen molar-refractivity contribution in [3.8, 4) is 0 Å². The predicted octanol–water partition coefficient (Wildman–Crippen LogP) is 5.45. The van der Waals surface area contributed by atoms with Gasteiger partial charge < -0.3 is 0 Å². The van der Waals surface area contributed by atoms with E-state index in [2.05, 4.69) is 0 Å². The van der Waals surface area contributed by atoms with Gasteiger partial charge in [0, 0.05) is 34.7 Å². The van der Waals surface area contributed by atoms with E-state index in [0.29, 0.717) is 22.8 Å². The van der Waals surface area contributed by atoms with Gasteiger partial charge in [0.2, 0.25) is 10.0 Å². The minimum atomic E-state index is -3.82. The van der Waals surface area contributed by atoms with E-state index in [1.807, 2.05) is 0 Å². The van der Waals surface area contributed by atoms with Crippen molar-refractivity contribution < 1.29 is 17.2 Å². The van der Waals surface area contributed by atoms with Crippen molar-refractivity contribution in [1.82, 2.24) is 4.31 Å². The molecule has 1 atom stereocenters. The lowest BCUT2D eigenvalue weighted by atomic mass is 10.1. The molecule has 1 fully saturated rings. The van der Waals surface area contributed by atoms with Crippen LogP contribution in [-0.4, -0.2) is 31.6 Å². The van der Waals surface area contributed by atoms with Crippen LogP contribution in [0.25, 0.3) is 0 Å². The summed E-state index contributed by atoms with van der Waals surface area (Å²) in [6, 6.07) is 6.23. The van der Waals surface area contributed by atoms with Gasteiger partial charge in [-0.05, 0) is 49.2 Å². The van der Waals surface area contributed by atoms with E-state index in [9.17, 15) is 17.2 Å². The molecule has 3 nitrogen and oxygen atoms in total. The number of hydrogen-bond donors (Lipinski definition) is 0. The summed E-state index contributed by atoms with van der Waals surface area (Å²) in [6.07, 6.45) is 0.370. The summed E-state index contributed by atoms with van der Waals surface area (Å²) >= 11 is 13.5. The number of benzene rings is 2. The monoisotopic (exact) mass is 451 g/mol. The van der Waals surface area contributed by atoms with E-state index in [4.69, 9.17) is 23.2 Å². The fourth-order valence-corrected chi connectivity index (χ4v) is 6.59. The Morgan fingerprint density at radius 2 is 1.85 bits per heavy atom. The fourth-order valence-electron chi connectivity index (χ4n) is 2.97. The molecule has 1 unspecified atom stereocenters. The third-order valence-corrected chi connectivity index (χ3v) is 8.52. The molecule has 1 aliphatic heterocycles. The van der Waals surface area contributed by atoms with Crippen LogP contribution >= 0.6 is 35.0 Å². The summed E-state index contributed by atoms with van der Waals surface area (Å²) in [7, 11) is -3.82. The average Bonchev–Trinajstić information content (AvgIpc) is 2.86. The number of sulfonamides is 1. The second-order valence-electron chi connectivity index (χ2n) is 6.25. The highest BCUT2D eigenvalue weighted by atomic mass is 35.5. The Balaban J connectivity index is 1.85. The Hall–Kier alpha value is -0.860. The lowest BCUT2D eigenvalue weighted by Crippen LogP contribution is -2.33. The van der Waals surface area contributed by atoms with E-state index in [-0.39, 0.29) is 33.8 Å². The summed E-state index contributed by atoms with van der Waals surface area (Å²) in [5, 5.41) is 0.144. The van der Waals surface area contributed by atoms with Crippen LogP contribution in [0.5, 0.6) is 0 Å². The second kappa shape index (κ2) is 8.25. The van der Waals surface area contributed by atoms with Crippen molar-refractivity contribution in [3.63, 3.8) is 0 Å². The van der Waals surface area contributed by atoms with Gasteiger partial charge in [0.25, 0.3) is 0 Å². The molecule has 0 N–H and O–H groups in total. The van der Waals surface area contributed by atoms with E-state index >= 15 is 0 Å². The third kappa shape index (κ3) is 4.43. The van der Waals surface area contributed by atoms with Gasteiger partial charge in [-0.15, -0.1) is 0 Å². The number of nitrogens with zero attached hydrogens (tertiary/aromatic N) is 1. The molecule has 0 bridgehead atoms. The molecule has 146 valence electrons. The SMILES string of the molecule is Cc1cc(S(=O)(=O)N2CCSC(c3cc(F)ccc3F)CC2)c(Cl)cc1Cl. The van der Waals surface area contributed by atoms with E-state index in [1.54, 1.807) is 6.92 Å². The Morgan fingerprint density at radius 1 is 1.11 bits per heavy atom. The molecule has 0 amide bonds. The number of thioether (sulfide) groups is 1. The first-order valence-electron chi connectivity index (χ1n) is 8.22. The number of aryl methyl sites for hydroxylation is 1. The molecule has 1 heterocycles. The zero-order valence-electron chi connectivity index (χ0n) is 14.4. The molecule has 2 aromatic carbocycles. The van der Waals surface area contributed by atoms with Crippen molar-refractivity contribution in [2.24, 2.45) is 0 Å². The summed E-state index contributed by atoms with van der Waals surface area (Å²) < 4.78 is 55.0. The minimum Gasteiger partial charge on any atom is -0.207 e. The predicted molar refractivity (Wildman–Crippen MR) is 106 cm³/mol. The molecule has 0 saturated carbocycles. The quantitative estimate of drug-likeness (QED) is 0.622. The molecule has 0 spiro atoms. The normalized spacial score (nSPS) is 19.1. The Morgan fingerprint density at radius 3 is 2.59 bits per heavy atom. The van der Waals surface area contributed by atoms with Crippen LogP contribution in [0.2, 0.25) is 10.0 Å². The van der Waals surface area contributed by atoms with Crippen LogP contribution in [0.3, 0.4) is 0 Å². The summed E-state index contributed by atoms with van der Waals surface area (Å²) in [6.45, 7) is 2.16. The topological polar surface area (TPSA) is 37.4 Å². The van der Waals surface area contributed by atoms with Gasteiger partial charge in [-0.2, -0.15) is 16.1 Å². The van der Waals surface area contributed by atoms with Crippen LogP contribution in [0.1, 0.15) is 22.8 Å². The highest BCUT2D eigenvalue weighted by molar-refractivity contribution is 7.99. The zero-order valence-corrected chi connectivity index (χ0v) is 17.5. The maximum Gasteiger partial charge on any atom is 0.244 e. The molecule has 27 heavy (non-hydrogen) atoms. The van der Waals surface area contributed by atoms with Gasteiger partial charge in [-0.1, -0.05) is 23.2 Å². The van der Waals surface area contributed by atoms with Gasteiger partial charge in [0.1, 0.15) is 16.5 Å². The summed E-state index contributed by atoms with van der Waals surface area (Å²) in [5.74, 6) is -0.532. The average molecular weight is 452 g/mol. The lowest BCUT2D eigenvalue weighted by molar-refractivity contribution is 0.426. The van der Waals surface area contributed by atoms with Crippen molar-refractivity contribution in [2.45, 2.75) is 23.5 Å². The number of hydrogen-bond acceptors (Lipinski definition) is 3. The number of rotatable bonds is 3. The molecular formula is C18H17Cl2F2NO2S2. The standard InChI is InChI=1S/C18H17Cl2F2NO2S2/c1-11-8-18(15(20)10-14(11)19)27(24,25)23-5-4-17(26-7-6-23)13-9-12(21)2-3-16(13)22/h2-3,8-10,17H,4-7H2,1H3. The van der Waals surface area contributed by atoms with Crippen molar-refractivity contribution in [3.05, 3.63) is 63.1 Å². The second-order valence-corrected chi connectivity index (χ2v) is 10.3. The van der Waals surface area contributed by atoms with E-state index < -0.39 is 21.7 Å². The van der Waals surface area contributed by atoms with Crippen LogP contribution in [0.15, 0.2) is 35.2 Å². The molecule has 2 aromatic rings. The van der Waals surface area contributed by atoms with Crippen molar-refractivity contribution in [1.29, 1.82) is 0 Å². The first kappa shape index (κ1) is 20.9. The van der Waals surface area contributed by atoms with Gasteiger partial charge >= 0.3 is 0 Å². The molecule has 0 aromatic heterocycles. The van der Waals surface area contributed by atoms with Crippen LogP contribution in [-0.2, 0) is 10.0 Å². The molecule has 9 heteroatoms. The van der Waals surface area contributed by atoms with Crippen LogP contribution in [0.4, 0.5) is 8.78 Å². The highest BCUT2D eigenvalue weighted by Crippen LogP contribution is 2.38. The summed E-state index contributed by atoms with van der Waals surface area (Å²) in [5.41, 5.74) is 0.878. The van der Waals surface area contributed by atoms with Gasteiger partial charge in [0.05, 0.1) is 5.02 Å². The van der Waals surface area contributed by atoms with Crippen LogP contribution < -0.4 is 0 Å². The highest BCUT2D eigenvalue weighted by Gasteiger charge is 2.31. The first-order valence-corrected chi connectivity index (χ1v) is 11.5. The van der Waals surface area contributed by atoms with Gasteiger partial charge in [-0.25, -0.2) is 17.2 Å². The largest absolute Gasteiger partial charge is 0.244 e. The molecule has 3 rings (SSSR count). The molecule has 0 radical (unpaired) electrons. The molecule has 1 aliphatic rings. The minimum absolute atomic E-state index is 0.00597. The van der Waals surface area contributed by atoms with Crippen molar-refractivity contribution in [2.75, 3.05) is 18.8 Å². The molecule has 0 aliphatic carbocycles. The zero-order chi connectivity index (χ0) is 19.8. The summed E-state index contributed by atoms with van der Waals surface area (Å²) in [4.78, 5) is 0.00597. The maximum atomic E-state index is 14.1. The Bertz CT molecular complexity index is 970. The third-order valence-electron chi connectivity index (χ3n) is 4.44. The molecular weight excluding hydrogens is 435 g/mol. The maximum absolute atomic E-state index is 14.1. The Labute approximate surface area is 171 Å². The smallest absolute Gasteiger partial charge is 0.207 e. The fraction of sp³-hybridized carbons (Fsp3) is 0.333. The van der Waals surface area contributed by atoms with E-state index in [0.717, 1.165) is 12.1 Å². The van der Waals surface area contributed by atoms with Gasteiger partial charge in [-0.3, -0.25) is 0 Å². The number of halogens is 4. The van der Waals surface area contributed by atoms with E-state index in [1.165, 1.54) is 34.3 Å². The van der Waals surface area contributed by atoms with Crippen LogP contribution in [0, 0.1) is 18.6 Å². The van der Waals surface area contributed by atoms with Crippen molar-refractivity contribution >= 4 is 45.0 Å².